The molecule has 0 saturated carbocycles. The van der Waals surface area contributed by atoms with Crippen LogP contribution in [0.25, 0.3) is 0 Å². The zero-order chi connectivity index (χ0) is 15.6. The molecule has 7 heteroatoms. The second-order valence-electron chi connectivity index (χ2n) is 5.05. The van der Waals surface area contributed by atoms with E-state index >= 15 is 0 Å². The molecule has 1 atom stereocenters. The second-order valence-corrected chi connectivity index (χ2v) is 6.99. The predicted octanol–water partition coefficient (Wildman–Crippen LogP) is 1.28. The number of sulfonamides is 1. The van der Waals surface area contributed by atoms with Gasteiger partial charge in [-0.25, -0.2) is 12.7 Å². The van der Waals surface area contributed by atoms with Crippen LogP contribution in [0.1, 0.15) is 37.0 Å². The van der Waals surface area contributed by atoms with Gasteiger partial charge in [-0.1, -0.05) is 6.92 Å². The summed E-state index contributed by atoms with van der Waals surface area (Å²) in [5, 5.41) is 2.82. The maximum atomic E-state index is 11.9. The van der Waals surface area contributed by atoms with Gasteiger partial charge in [-0.2, -0.15) is 0 Å². The highest BCUT2D eigenvalue weighted by Gasteiger charge is 2.36. The Morgan fingerprint density at radius 2 is 1.95 bits per heavy atom. The molecule has 1 unspecified atom stereocenters. The Bertz CT molecular complexity index is 652. The lowest BCUT2D eigenvalue weighted by atomic mass is 10.1. The van der Waals surface area contributed by atoms with Crippen LogP contribution in [-0.4, -0.2) is 32.0 Å². The van der Waals surface area contributed by atoms with Gasteiger partial charge in [0, 0.05) is 18.0 Å². The van der Waals surface area contributed by atoms with Crippen LogP contribution in [0.3, 0.4) is 0 Å². The van der Waals surface area contributed by atoms with E-state index < -0.39 is 15.9 Å². The highest BCUT2D eigenvalue weighted by atomic mass is 32.2. The summed E-state index contributed by atoms with van der Waals surface area (Å²) in [6, 6.07) is 6.07. The number of carbonyl (C=O) groups excluding carboxylic acids is 2. The van der Waals surface area contributed by atoms with E-state index in [-0.39, 0.29) is 29.8 Å². The molecule has 21 heavy (non-hydrogen) atoms. The third kappa shape index (κ3) is 3.24. The summed E-state index contributed by atoms with van der Waals surface area (Å²) < 4.78 is 24.4. The molecule has 0 bridgehead atoms. The molecule has 1 aromatic carbocycles. The summed E-state index contributed by atoms with van der Waals surface area (Å²) in [4.78, 5) is 23.6. The summed E-state index contributed by atoms with van der Waals surface area (Å²) >= 11 is 0. The van der Waals surface area contributed by atoms with E-state index in [0.29, 0.717) is 5.56 Å². The molecule has 114 valence electrons. The van der Waals surface area contributed by atoms with Gasteiger partial charge in [0.25, 0.3) is 5.91 Å². The Morgan fingerprint density at radius 1 is 1.33 bits per heavy atom. The minimum Gasteiger partial charge on any atom is -0.350 e. The monoisotopic (exact) mass is 310 g/mol. The lowest BCUT2D eigenvalue weighted by Crippen LogP contribution is -2.32. The number of carbonyl (C=O) groups is 2. The molecule has 1 aliphatic heterocycles. The summed E-state index contributed by atoms with van der Waals surface area (Å²) in [5.41, 5.74) is 0.709. The number of hydrogen-bond donors (Lipinski definition) is 1. The largest absolute Gasteiger partial charge is 0.350 e. The van der Waals surface area contributed by atoms with Gasteiger partial charge in [0.05, 0.1) is 11.4 Å². The topological polar surface area (TPSA) is 83.6 Å². The summed E-state index contributed by atoms with van der Waals surface area (Å²) in [7, 11) is -3.56. The fourth-order valence-corrected chi connectivity index (χ4v) is 3.49. The van der Waals surface area contributed by atoms with Crippen molar-refractivity contribution < 1.29 is 18.0 Å². The van der Waals surface area contributed by atoms with Gasteiger partial charge in [0.2, 0.25) is 15.9 Å². The van der Waals surface area contributed by atoms with Crippen LogP contribution >= 0.6 is 0 Å². The van der Waals surface area contributed by atoms with E-state index in [1.807, 2.05) is 13.8 Å². The molecule has 0 aliphatic carbocycles. The molecule has 2 rings (SSSR count). The minimum absolute atomic E-state index is 0.00140. The molecule has 1 fully saturated rings. The average molecular weight is 310 g/mol. The van der Waals surface area contributed by atoms with Gasteiger partial charge in [0.1, 0.15) is 0 Å². The minimum atomic E-state index is -3.56. The van der Waals surface area contributed by atoms with Crippen molar-refractivity contribution in [3.63, 3.8) is 0 Å². The van der Waals surface area contributed by atoms with Crippen LogP contribution in [0.15, 0.2) is 24.3 Å². The van der Waals surface area contributed by atoms with Crippen molar-refractivity contribution in [3.8, 4) is 0 Å². The summed E-state index contributed by atoms with van der Waals surface area (Å²) in [6.45, 7) is 3.87. The average Bonchev–Trinajstić information content (AvgIpc) is 2.72. The molecule has 2 amide bonds. The van der Waals surface area contributed by atoms with Gasteiger partial charge in [0.15, 0.2) is 0 Å². The lowest BCUT2D eigenvalue weighted by molar-refractivity contribution is -0.116. The number of rotatable bonds is 4. The van der Waals surface area contributed by atoms with Crippen LogP contribution in [0.2, 0.25) is 0 Å². The lowest BCUT2D eigenvalue weighted by Gasteiger charge is -2.16. The Balaban J connectivity index is 2.20. The first-order chi connectivity index (χ1) is 9.85. The molecule has 6 nitrogen and oxygen atoms in total. The zero-order valence-electron chi connectivity index (χ0n) is 12.0. The smallest absolute Gasteiger partial charge is 0.251 e. The van der Waals surface area contributed by atoms with Crippen LogP contribution in [0, 0.1) is 0 Å². The van der Waals surface area contributed by atoms with Crippen molar-refractivity contribution in [2.24, 2.45) is 0 Å². The maximum absolute atomic E-state index is 11.9. The Kier molecular flexibility index (Phi) is 4.32. The van der Waals surface area contributed by atoms with Crippen molar-refractivity contribution in [1.82, 2.24) is 5.32 Å². The van der Waals surface area contributed by atoms with E-state index in [4.69, 9.17) is 0 Å². The quantitative estimate of drug-likeness (QED) is 0.908. The van der Waals surface area contributed by atoms with Crippen molar-refractivity contribution >= 4 is 27.5 Å². The molecule has 1 N–H and O–H groups in total. The Hall–Kier alpha value is -1.89. The third-order valence-electron chi connectivity index (χ3n) is 3.43. The first-order valence-corrected chi connectivity index (χ1v) is 8.43. The molecule has 0 radical (unpaired) electrons. The van der Waals surface area contributed by atoms with Gasteiger partial charge in [-0.3, -0.25) is 9.59 Å². The van der Waals surface area contributed by atoms with Gasteiger partial charge in [-0.15, -0.1) is 0 Å². The Labute approximate surface area is 124 Å². The van der Waals surface area contributed by atoms with Gasteiger partial charge >= 0.3 is 0 Å². The van der Waals surface area contributed by atoms with E-state index in [0.717, 1.165) is 10.7 Å². The van der Waals surface area contributed by atoms with Crippen LogP contribution in [0.4, 0.5) is 5.69 Å². The second kappa shape index (κ2) is 5.85. The number of amides is 2. The molecule has 1 saturated heterocycles. The van der Waals surface area contributed by atoms with E-state index in [1.54, 1.807) is 0 Å². The molecule has 0 spiro atoms. The summed E-state index contributed by atoms with van der Waals surface area (Å²) in [6.07, 6.45) is 0.822. The number of nitrogens with one attached hydrogen (secondary N) is 1. The van der Waals surface area contributed by atoms with Crippen LogP contribution < -0.4 is 9.62 Å². The van der Waals surface area contributed by atoms with Crippen molar-refractivity contribution in [3.05, 3.63) is 29.8 Å². The third-order valence-corrected chi connectivity index (χ3v) is 5.12. The van der Waals surface area contributed by atoms with Crippen molar-refractivity contribution in [2.45, 2.75) is 32.7 Å². The predicted molar refractivity (Wildman–Crippen MR) is 79.6 cm³/mol. The van der Waals surface area contributed by atoms with Gasteiger partial charge < -0.3 is 5.32 Å². The maximum Gasteiger partial charge on any atom is 0.251 e. The molecule has 0 aromatic heterocycles. The van der Waals surface area contributed by atoms with Crippen LogP contribution in [0.5, 0.6) is 0 Å². The number of hydrogen-bond acceptors (Lipinski definition) is 4. The Morgan fingerprint density at radius 3 is 2.43 bits per heavy atom. The number of anilines is 1. The van der Waals surface area contributed by atoms with Crippen molar-refractivity contribution in [1.29, 1.82) is 0 Å². The molecular weight excluding hydrogens is 292 g/mol. The fourth-order valence-electron chi connectivity index (χ4n) is 2.03. The van der Waals surface area contributed by atoms with Gasteiger partial charge in [-0.05, 0) is 37.6 Å². The number of nitrogens with zero attached hydrogens (tertiary/aromatic N) is 1. The standard InChI is InChI=1S/C14H18N2O4S/c1-3-10(2)15-14(18)11-4-6-12(7-5-11)16-13(17)8-9-21(16,19)20/h4-7,10H,3,8-9H2,1-2H3,(H,15,18). The highest BCUT2D eigenvalue weighted by Crippen LogP contribution is 2.25. The molecule has 1 aliphatic rings. The van der Waals surface area contributed by atoms with E-state index in [1.165, 1.54) is 24.3 Å². The highest BCUT2D eigenvalue weighted by molar-refractivity contribution is 7.94. The van der Waals surface area contributed by atoms with Crippen molar-refractivity contribution in [2.75, 3.05) is 10.1 Å². The molecule has 1 aromatic rings. The summed E-state index contributed by atoms with van der Waals surface area (Å²) in [5.74, 6) is -0.819. The van der Waals surface area contributed by atoms with E-state index in [9.17, 15) is 18.0 Å². The van der Waals surface area contributed by atoms with Crippen LogP contribution in [-0.2, 0) is 14.8 Å². The normalized spacial score (nSPS) is 18.6. The first kappa shape index (κ1) is 15.5. The molecular formula is C14H18N2O4S. The first-order valence-electron chi connectivity index (χ1n) is 6.82. The zero-order valence-corrected chi connectivity index (χ0v) is 12.8. The fraction of sp³-hybridized carbons (Fsp3) is 0.429. The SMILES string of the molecule is CCC(C)NC(=O)c1ccc(N2C(=O)CCS2(=O)=O)cc1. The number of benzene rings is 1. The van der Waals surface area contributed by atoms with E-state index in [2.05, 4.69) is 5.32 Å². The molecule has 1 heterocycles.